The summed E-state index contributed by atoms with van der Waals surface area (Å²) < 4.78 is 0. The minimum atomic E-state index is 0.484. The third-order valence-corrected chi connectivity index (χ3v) is 5.53. The van der Waals surface area contributed by atoms with E-state index < -0.39 is 0 Å². The van der Waals surface area contributed by atoms with Gasteiger partial charge >= 0.3 is 0 Å². The fraction of sp³-hybridized carbons (Fsp3) is 0.571. The first-order chi connectivity index (χ1) is 9.70. The summed E-state index contributed by atoms with van der Waals surface area (Å²) in [5.41, 5.74) is 3.12. The lowest BCUT2D eigenvalue weighted by Gasteiger charge is -2.16. The fourth-order valence-corrected chi connectivity index (χ4v) is 3.97. The molecule has 0 amide bonds. The fourth-order valence-electron chi connectivity index (χ4n) is 3.09. The van der Waals surface area contributed by atoms with Gasteiger partial charge in [-0.1, -0.05) is 0 Å². The Labute approximate surface area is 122 Å². The summed E-state index contributed by atoms with van der Waals surface area (Å²) in [5.74, 6) is 7.82. The van der Waals surface area contributed by atoms with Gasteiger partial charge in [-0.05, 0) is 50.0 Å². The van der Waals surface area contributed by atoms with Gasteiger partial charge in [-0.15, -0.1) is 11.3 Å². The summed E-state index contributed by atoms with van der Waals surface area (Å²) in [6.45, 7) is 3.13. The van der Waals surface area contributed by atoms with Crippen molar-refractivity contribution in [2.45, 2.75) is 32.6 Å². The Bertz CT molecular complexity index is 657. The lowest BCUT2D eigenvalue weighted by molar-refractivity contribution is 0.466. The lowest BCUT2D eigenvalue weighted by Crippen LogP contribution is -2.19. The van der Waals surface area contributed by atoms with Crippen LogP contribution in [0.2, 0.25) is 0 Å². The van der Waals surface area contributed by atoms with Crippen molar-refractivity contribution in [3.63, 3.8) is 0 Å². The highest BCUT2D eigenvalue weighted by Gasteiger charge is 2.53. The van der Waals surface area contributed by atoms with Gasteiger partial charge in [0.25, 0.3) is 0 Å². The Morgan fingerprint density at radius 3 is 2.85 bits per heavy atom. The van der Waals surface area contributed by atoms with Gasteiger partial charge in [0.05, 0.1) is 5.39 Å². The van der Waals surface area contributed by atoms with Crippen LogP contribution in [0.5, 0.6) is 0 Å². The van der Waals surface area contributed by atoms with Crippen LogP contribution >= 0.6 is 11.3 Å². The molecule has 2 fully saturated rings. The zero-order valence-corrected chi connectivity index (χ0v) is 12.4. The molecule has 0 saturated heterocycles. The molecule has 2 aromatic rings. The molecule has 0 radical (unpaired) electrons. The highest BCUT2D eigenvalue weighted by Crippen LogP contribution is 2.61. The van der Waals surface area contributed by atoms with E-state index in [4.69, 9.17) is 5.84 Å². The Hall–Kier alpha value is -1.40. The van der Waals surface area contributed by atoms with Crippen LogP contribution in [0, 0.1) is 18.3 Å². The molecule has 2 aliphatic rings. The maximum Gasteiger partial charge on any atom is 0.240 e. The summed E-state index contributed by atoms with van der Waals surface area (Å²) in [7, 11) is 0. The summed E-state index contributed by atoms with van der Waals surface area (Å²) in [5, 5.41) is 4.67. The van der Waals surface area contributed by atoms with E-state index in [0.29, 0.717) is 11.4 Å². The smallest absolute Gasteiger partial charge is 0.240 e. The molecular weight excluding hydrogens is 270 g/mol. The molecule has 2 heterocycles. The summed E-state index contributed by atoms with van der Waals surface area (Å²) in [6.07, 6.45) is 5.55. The standard InChI is InChI=1S/C14H19N5S/c1-8-6-10-11(17-13(19-15)18-12(10)20-8)16-7-14(4-5-14)9-2-3-9/h6,9H,2-5,7,15H2,1H3,(H2,16,17,18,19). The first-order valence-corrected chi connectivity index (χ1v) is 8.00. The van der Waals surface area contributed by atoms with Crippen LogP contribution in [0.15, 0.2) is 6.07 Å². The molecule has 2 aliphatic carbocycles. The molecule has 0 atom stereocenters. The number of hydrogen-bond acceptors (Lipinski definition) is 6. The van der Waals surface area contributed by atoms with Gasteiger partial charge in [0.1, 0.15) is 10.6 Å². The van der Waals surface area contributed by atoms with Crippen molar-refractivity contribution in [3.05, 3.63) is 10.9 Å². The van der Waals surface area contributed by atoms with Crippen LogP contribution in [0.3, 0.4) is 0 Å². The number of aromatic nitrogens is 2. The normalized spacial score (nSPS) is 20.1. The Kier molecular flexibility index (Phi) is 2.65. The predicted molar refractivity (Wildman–Crippen MR) is 82.8 cm³/mol. The molecule has 2 aromatic heterocycles. The average Bonchev–Trinajstić information content (AvgIpc) is 3.32. The highest BCUT2D eigenvalue weighted by atomic mass is 32.1. The molecular formula is C14H19N5S. The monoisotopic (exact) mass is 289 g/mol. The van der Waals surface area contributed by atoms with Gasteiger partial charge in [0, 0.05) is 11.4 Å². The minimum Gasteiger partial charge on any atom is -0.369 e. The van der Waals surface area contributed by atoms with Gasteiger partial charge < -0.3 is 5.32 Å². The van der Waals surface area contributed by atoms with Crippen molar-refractivity contribution >= 4 is 33.3 Å². The van der Waals surface area contributed by atoms with Crippen LogP contribution < -0.4 is 16.6 Å². The third-order valence-electron chi connectivity index (χ3n) is 4.59. The van der Waals surface area contributed by atoms with E-state index in [2.05, 4.69) is 33.7 Å². The van der Waals surface area contributed by atoms with Crippen molar-refractivity contribution in [3.8, 4) is 0 Å². The van der Waals surface area contributed by atoms with Gasteiger partial charge in [-0.2, -0.15) is 4.98 Å². The van der Waals surface area contributed by atoms with Crippen molar-refractivity contribution in [1.82, 2.24) is 9.97 Å². The molecule has 5 nitrogen and oxygen atoms in total. The van der Waals surface area contributed by atoms with E-state index in [0.717, 1.165) is 28.5 Å². The number of thiophene rings is 1. The largest absolute Gasteiger partial charge is 0.369 e. The van der Waals surface area contributed by atoms with E-state index in [1.165, 1.54) is 30.6 Å². The van der Waals surface area contributed by atoms with Crippen molar-refractivity contribution in [2.24, 2.45) is 17.2 Å². The summed E-state index contributed by atoms with van der Waals surface area (Å²) in [6, 6.07) is 2.15. The van der Waals surface area contributed by atoms with E-state index in [-0.39, 0.29) is 0 Å². The van der Waals surface area contributed by atoms with E-state index in [1.807, 2.05) is 0 Å². The lowest BCUT2D eigenvalue weighted by atomic mass is 10.0. The maximum absolute atomic E-state index is 5.47. The topological polar surface area (TPSA) is 75.9 Å². The molecule has 0 aliphatic heterocycles. The number of rotatable bonds is 5. The summed E-state index contributed by atoms with van der Waals surface area (Å²) in [4.78, 5) is 11.1. The first kappa shape index (κ1) is 12.3. The molecule has 20 heavy (non-hydrogen) atoms. The number of fused-ring (bicyclic) bond motifs is 1. The second kappa shape index (κ2) is 4.30. The minimum absolute atomic E-state index is 0.484. The quantitative estimate of drug-likeness (QED) is 0.583. The first-order valence-electron chi connectivity index (χ1n) is 7.19. The van der Waals surface area contributed by atoms with Crippen molar-refractivity contribution in [2.75, 3.05) is 17.3 Å². The third kappa shape index (κ3) is 2.03. The zero-order chi connectivity index (χ0) is 13.7. The van der Waals surface area contributed by atoms with Crippen molar-refractivity contribution < 1.29 is 0 Å². The second-order valence-corrected chi connectivity index (χ2v) is 7.34. The average molecular weight is 289 g/mol. The number of nitrogen functional groups attached to an aromatic ring is 1. The van der Waals surface area contributed by atoms with Gasteiger partial charge in [-0.3, -0.25) is 5.43 Å². The highest BCUT2D eigenvalue weighted by molar-refractivity contribution is 7.18. The Morgan fingerprint density at radius 2 is 2.20 bits per heavy atom. The number of anilines is 2. The maximum atomic E-state index is 5.47. The van der Waals surface area contributed by atoms with Crippen LogP contribution in [0.25, 0.3) is 10.2 Å². The Balaban J connectivity index is 1.63. The SMILES string of the molecule is Cc1cc2c(NCC3(C4CC4)CC3)nc(NN)nc2s1. The van der Waals surface area contributed by atoms with Gasteiger partial charge in [-0.25, -0.2) is 10.8 Å². The molecule has 0 bridgehead atoms. The van der Waals surface area contributed by atoms with E-state index in [9.17, 15) is 0 Å². The molecule has 0 aromatic carbocycles. The zero-order valence-electron chi connectivity index (χ0n) is 11.6. The molecule has 106 valence electrons. The second-order valence-electron chi connectivity index (χ2n) is 6.11. The number of nitrogens with one attached hydrogen (secondary N) is 2. The molecule has 2 saturated carbocycles. The number of nitrogens with zero attached hydrogens (tertiary/aromatic N) is 2. The van der Waals surface area contributed by atoms with Gasteiger partial charge in [0.2, 0.25) is 5.95 Å². The number of hydrogen-bond donors (Lipinski definition) is 3. The van der Waals surface area contributed by atoms with E-state index in [1.54, 1.807) is 11.3 Å². The molecule has 4 rings (SSSR count). The number of nitrogens with two attached hydrogens (primary N) is 1. The summed E-state index contributed by atoms with van der Waals surface area (Å²) >= 11 is 1.68. The molecule has 4 N–H and O–H groups in total. The predicted octanol–water partition coefficient (Wildman–Crippen LogP) is 2.89. The number of hydrazine groups is 1. The molecule has 0 spiro atoms. The van der Waals surface area contributed by atoms with Crippen LogP contribution in [0.4, 0.5) is 11.8 Å². The molecule has 6 heteroatoms. The van der Waals surface area contributed by atoms with Crippen LogP contribution in [0.1, 0.15) is 30.6 Å². The molecule has 0 unspecified atom stereocenters. The van der Waals surface area contributed by atoms with Crippen LogP contribution in [-0.4, -0.2) is 16.5 Å². The van der Waals surface area contributed by atoms with Gasteiger partial charge in [0.15, 0.2) is 0 Å². The number of aryl methyl sites for hydroxylation is 1. The van der Waals surface area contributed by atoms with Crippen LogP contribution in [-0.2, 0) is 0 Å². The van der Waals surface area contributed by atoms with E-state index >= 15 is 0 Å². The van der Waals surface area contributed by atoms with Crippen molar-refractivity contribution in [1.29, 1.82) is 0 Å². The Morgan fingerprint density at radius 1 is 1.40 bits per heavy atom.